The number of hydrogen-bond donors (Lipinski definition) is 1. The van der Waals surface area contributed by atoms with E-state index in [4.69, 9.17) is 9.84 Å². The number of rotatable bonds is 4. The summed E-state index contributed by atoms with van der Waals surface area (Å²) >= 11 is 0. The third kappa shape index (κ3) is 3.38. The molecule has 1 rings (SSSR count). The van der Waals surface area contributed by atoms with E-state index < -0.39 is 0 Å². The Hall–Kier alpha value is -1.02. The number of aryl methyl sites for hydroxylation is 2. The molecule has 1 atom stereocenters. The van der Waals surface area contributed by atoms with Crippen LogP contribution in [-0.4, -0.2) is 17.8 Å². The molecule has 14 heavy (non-hydrogen) atoms. The smallest absolute Gasteiger partial charge is 0.120 e. The third-order valence-corrected chi connectivity index (χ3v) is 2.07. The molecule has 0 aliphatic carbocycles. The molecule has 0 saturated heterocycles. The van der Waals surface area contributed by atoms with Crippen LogP contribution in [0, 0.1) is 13.8 Å². The van der Waals surface area contributed by atoms with Gasteiger partial charge < -0.3 is 9.84 Å². The molecule has 0 radical (unpaired) electrons. The van der Waals surface area contributed by atoms with Crippen molar-refractivity contribution in [3.8, 4) is 5.75 Å². The van der Waals surface area contributed by atoms with Crippen molar-refractivity contribution in [1.82, 2.24) is 0 Å². The number of aliphatic hydroxyl groups is 1. The predicted octanol–water partition coefficient (Wildman–Crippen LogP) is 2.45. The van der Waals surface area contributed by atoms with Gasteiger partial charge in [0, 0.05) is 13.0 Å². The van der Waals surface area contributed by atoms with E-state index in [1.165, 1.54) is 11.1 Å². The molecule has 78 valence electrons. The predicted molar refractivity (Wildman–Crippen MR) is 57.7 cm³/mol. The second-order valence-corrected chi connectivity index (χ2v) is 3.76. The summed E-state index contributed by atoms with van der Waals surface area (Å²) < 4.78 is 5.66. The summed E-state index contributed by atoms with van der Waals surface area (Å²) in [6.07, 6.45) is 0.744. The Morgan fingerprint density at radius 3 is 2.29 bits per heavy atom. The fourth-order valence-corrected chi connectivity index (χ4v) is 1.47. The molecule has 0 spiro atoms. The molecule has 0 fully saturated rings. The van der Waals surface area contributed by atoms with Crippen LogP contribution in [0.5, 0.6) is 5.75 Å². The molecular formula is C12H18O2. The van der Waals surface area contributed by atoms with Crippen LogP contribution in [-0.2, 0) is 0 Å². The number of benzene rings is 1. The minimum atomic E-state index is 0.0706. The normalized spacial score (nSPS) is 12.6. The van der Waals surface area contributed by atoms with Gasteiger partial charge >= 0.3 is 0 Å². The van der Waals surface area contributed by atoms with Crippen molar-refractivity contribution in [2.24, 2.45) is 0 Å². The van der Waals surface area contributed by atoms with Gasteiger partial charge in [0.15, 0.2) is 0 Å². The molecule has 0 amide bonds. The number of aliphatic hydroxyl groups excluding tert-OH is 1. The van der Waals surface area contributed by atoms with E-state index in [-0.39, 0.29) is 12.7 Å². The van der Waals surface area contributed by atoms with E-state index in [1.807, 2.05) is 19.1 Å². The van der Waals surface area contributed by atoms with Gasteiger partial charge in [-0.15, -0.1) is 0 Å². The van der Waals surface area contributed by atoms with Crippen LogP contribution in [0.4, 0.5) is 0 Å². The summed E-state index contributed by atoms with van der Waals surface area (Å²) in [5.41, 5.74) is 2.41. The van der Waals surface area contributed by atoms with E-state index >= 15 is 0 Å². The SMILES string of the molecule is Cc1cc(C)cc(OC(C)CCO)c1. The number of ether oxygens (including phenoxy) is 1. The highest BCUT2D eigenvalue weighted by Gasteiger charge is 2.03. The van der Waals surface area contributed by atoms with Crippen LogP contribution in [0.3, 0.4) is 0 Å². The highest BCUT2D eigenvalue weighted by atomic mass is 16.5. The lowest BCUT2D eigenvalue weighted by Gasteiger charge is -2.14. The monoisotopic (exact) mass is 194 g/mol. The minimum absolute atomic E-state index is 0.0706. The first-order chi connectivity index (χ1) is 6.61. The van der Waals surface area contributed by atoms with Crippen LogP contribution in [0.1, 0.15) is 24.5 Å². The first kappa shape index (κ1) is 11.1. The first-order valence-electron chi connectivity index (χ1n) is 4.97. The first-order valence-corrected chi connectivity index (χ1v) is 4.97. The Morgan fingerprint density at radius 2 is 1.79 bits per heavy atom. The van der Waals surface area contributed by atoms with Crippen LogP contribution in [0.25, 0.3) is 0 Å². The van der Waals surface area contributed by atoms with E-state index in [1.54, 1.807) is 0 Å². The van der Waals surface area contributed by atoms with Gasteiger partial charge in [0.1, 0.15) is 5.75 Å². The second kappa shape index (κ2) is 5.01. The standard InChI is InChI=1S/C12H18O2/c1-9-6-10(2)8-12(7-9)14-11(3)4-5-13/h6-8,11,13H,4-5H2,1-3H3. The number of hydrogen-bond acceptors (Lipinski definition) is 2. The summed E-state index contributed by atoms with van der Waals surface area (Å²) in [6, 6.07) is 6.14. The van der Waals surface area contributed by atoms with Crippen molar-refractivity contribution < 1.29 is 9.84 Å². The Kier molecular flexibility index (Phi) is 3.96. The lowest BCUT2D eigenvalue weighted by Crippen LogP contribution is -2.13. The highest BCUT2D eigenvalue weighted by molar-refractivity contribution is 5.33. The van der Waals surface area contributed by atoms with Crippen molar-refractivity contribution in [1.29, 1.82) is 0 Å². The average Bonchev–Trinajstić information content (AvgIpc) is 2.01. The molecule has 0 saturated carbocycles. The molecule has 1 aromatic rings. The highest BCUT2D eigenvalue weighted by Crippen LogP contribution is 2.18. The zero-order valence-corrected chi connectivity index (χ0v) is 9.08. The van der Waals surface area contributed by atoms with E-state index in [0.29, 0.717) is 6.42 Å². The van der Waals surface area contributed by atoms with Crippen molar-refractivity contribution in [2.45, 2.75) is 33.3 Å². The molecule has 0 bridgehead atoms. The molecule has 1 unspecified atom stereocenters. The van der Waals surface area contributed by atoms with Crippen LogP contribution >= 0.6 is 0 Å². The quantitative estimate of drug-likeness (QED) is 0.797. The fourth-order valence-electron chi connectivity index (χ4n) is 1.47. The Bertz CT molecular complexity index is 274. The van der Waals surface area contributed by atoms with Gasteiger partial charge in [-0.25, -0.2) is 0 Å². The Labute approximate surface area is 85.5 Å². The van der Waals surface area contributed by atoms with Crippen molar-refractivity contribution in [2.75, 3.05) is 6.61 Å². The summed E-state index contributed by atoms with van der Waals surface area (Å²) in [4.78, 5) is 0. The lowest BCUT2D eigenvalue weighted by atomic mass is 10.1. The maximum atomic E-state index is 8.74. The molecule has 0 aliphatic rings. The van der Waals surface area contributed by atoms with Gasteiger partial charge in [0.05, 0.1) is 6.10 Å². The van der Waals surface area contributed by atoms with Gasteiger partial charge in [-0.2, -0.15) is 0 Å². The van der Waals surface area contributed by atoms with Crippen molar-refractivity contribution >= 4 is 0 Å². The average molecular weight is 194 g/mol. The van der Waals surface area contributed by atoms with E-state index in [2.05, 4.69) is 19.9 Å². The van der Waals surface area contributed by atoms with Crippen molar-refractivity contribution in [3.63, 3.8) is 0 Å². The molecule has 0 aliphatic heterocycles. The van der Waals surface area contributed by atoms with Crippen LogP contribution in [0.2, 0.25) is 0 Å². The Balaban J connectivity index is 2.66. The molecular weight excluding hydrogens is 176 g/mol. The van der Waals surface area contributed by atoms with Gasteiger partial charge in [0.25, 0.3) is 0 Å². The molecule has 1 N–H and O–H groups in total. The fraction of sp³-hybridized carbons (Fsp3) is 0.500. The second-order valence-electron chi connectivity index (χ2n) is 3.76. The lowest BCUT2D eigenvalue weighted by molar-refractivity contribution is 0.168. The van der Waals surface area contributed by atoms with Crippen LogP contribution < -0.4 is 4.74 Å². The van der Waals surface area contributed by atoms with E-state index in [9.17, 15) is 0 Å². The van der Waals surface area contributed by atoms with Gasteiger partial charge in [-0.3, -0.25) is 0 Å². The summed E-state index contributed by atoms with van der Waals surface area (Å²) in [6.45, 7) is 6.24. The third-order valence-electron chi connectivity index (χ3n) is 2.07. The summed E-state index contributed by atoms with van der Waals surface area (Å²) in [5.74, 6) is 0.892. The van der Waals surface area contributed by atoms with E-state index in [0.717, 1.165) is 5.75 Å². The van der Waals surface area contributed by atoms with Gasteiger partial charge in [0.2, 0.25) is 0 Å². The minimum Gasteiger partial charge on any atom is -0.491 e. The topological polar surface area (TPSA) is 29.5 Å². The maximum absolute atomic E-state index is 8.74. The molecule has 2 heteroatoms. The van der Waals surface area contributed by atoms with Crippen molar-refractivity contribution in [3.05, 3.63) is 29.3 Å². The zero-order valence-electron chi connectivity index (χ0n) is 9.08. The van der Waals surface area contributed by atoms with Gasteiger partial charge in [-0.05, 0) is 44.0 Å². The zero-order chi connectivity index (χ0) is 10.6. The molecule has 0 heterocycles. The molecule has 1 aromatic carbocycles. The summed E-state index contributed by atoms with van der Waals surface area (Å²) in [7, 11) is 0. The molecule has 0 aromatic heterocycles. The maximum Gasteiger partial charge on any atom is 0.120 e. The van der Waals surface area contributed by atoms with Crippen LogP contribution in [0.15, 0.2) is 18.2 Å². The summed E-state index contributed by atoms with van der Waals surface area (Å²) in [5, 5.41) is 8.74. The largest absolute Gasteiger partial charge is 0.491 e. The molecule has 2 nitrogen and oxygen atoms in total. The van der Waals surface area contributed by atoms with Gasteiger partial charge in [-0.1, -0.05) is 6.07 Å². The Morgan fingerprint density at radius 1 is 1.21 bits per heavy atom.